The van der Waals surface area contributed by atoms with E-state index in [9.17, 15) is 4.79 Å². The Labute approximate surface area is 145 Å². The highest BCUT2D eigenvalue weighted by molar-refractivity contribution is 5.94. The lowest BCUT2D eigenvalue weighted by Gasteiger charge is -2.12. The number of fused-ring (bicyclic) bond motifs is 2. The second kappa shape index (κ2) is 6.67. The normalized spacial score (nSPS) is 13.4. The number of aromatic nitrogens is 2. The summed E-state index contributed by atoms with van der Waals surface area (Å²) in [4.78, 5) is 12.4. The quantitative estimate of drug-likeness (QED) is 0.680. The molecule has 1 amide bonds. The molecular formula is C17H19ClN4O2. The number of nitrogens with zero attached hydrogens (tertiary/aromatic N) is 1. The summed E-state index contributed by atoms with van der Waals surface area (Å²) in [5.41, 5.74) is 4.40. The average molecular weight is 347 g/mol. The molecule has 126 valence electrons. The monoisotopic (exact) mass is 346 g/mol. The molecule has 0 unspecified atom stereocenters. The number of nitrogens with one attached hydrogen (secondary N) is 3. The first kappa shape index (κ1) is 16.5. The van der Waals surface area contributed by atoms with Crippen LogP contribution in [0.4, 0.5) is 0 Å². The predicted octanol–water partition coefficient (Wildman–Crippen LogP) is 2.46. The summed E-state index contributed by atoms with van der Waals surface area (Å²) < 4.78 is 5.82. The second-order valence-corrected chi connectivity index (χ2v) is 5.79. The molecule has 3 heterocycles. The van der Waals surface area contributed by atoms with Crippen molar-refractivity contribution in [2.24, 2.45) is 0 Å². The first-order valence-electron chi connectivity index (χ1n) is 7.76. The number of carbonyl (C=O) groups excluding carboxylic acids is 1. The number of carbonyl (C=O) groups is 1. The fraction of sp³-hybridized carbons (Fsp3) is 0.294. The highest BCUT2D eigenvalue weighted by Crippen LogP contribution is 2.24. The van der Waals surface area contributed by atoms with Crippen LogP contribution in [0.15, 0.2) is 28.7 Å². The van der Waals surface area contributed by atoms with Gasteiger partial charge in [-0.3, -0.25) is 9.89 Å². The van der Waals surface area contributed by atoms with E-state index < -0.39 is 0 Å². The summed E-state index contributed by atoms with van der Waals surface area (Å²) in [7, 11) is 0. The molecule has 2 aromatic heterocycles. The number of benzene rings is 1. The molecule has 3 aromatic rings. The number of para-hydroxylation sites is 1. The van der Waals surface area contributed by atoms with E-state index in [4.69, 9.17) is 4.42 Å². The minimum atomic E-state index is -0.175. The van der Waals surface area contributed by atoms with Crippen molar-refractivity contribution in [3.8, 4) is 0 Å². The Bertz CT molecular complexity index is 884. The molecule has 0 saturated heterocycles. The topological polar surface area (TPSA) is 83.0 Å². The molecular weight excluding hydrogens is 328 g/mol. The van der Waals surface area contributed by atoms with Gasteiger partial charge in [0.2, 0.25) is 0 Å². The van der Waals surface area contributed by atoms with Gasteiger partial charge in [0, 0.05) is 41.7 Å². The van der Waals surface area contributed by atoms with Crippen LogP contribution >= 0.6 is 12.4 Å². The number of furan rings is 1. The lowest BCUT2D eigenvalue weighted by molar-refractivity contribution is 0.0942. The molecule has 0 fully saturated rings. The van der Waals surface area contributed by atoms with Crippen molar-refractivity contribution < 1.29 is 9.21 Å². The highest BCUT2D eigenvalue weighted by Gasteiger charge is 2.21. The van der Waals surface area contributed by atoms with Gasteiger partial charge in [0.15, 0.2) is 5.69 Å². The maximum Gasteiger partial charge on any atom is 0.272 e. The summed E-state index contributed by atoms with van der Waals surface area (Å²) in [6, 6.07) is 7.88. The van der Waals surface area contributed by atoms with Gasteiger partial charge in [0.1, 0.15) is 11.3 Å². The highest BCUT2D eigenvalue weighted by atomic mass is 35.5. The number of hydrogen-bond donors (Lipinski definition) is 3. The Morgan fingerprint density at radius 3 is 3.04 bits per heavy atom. The van der Waals surface area contributed by atoms with E-state index in [1.165, 1.54) is 0 Å². The van der Waals surface area contributed by atoms with Crippen molar-refractivity contribution in [1.82, 2.24) is 20.8 Å². The largest absolute Gasteiger partial charge is 0.459 e. The van der Waals surface area contributed by atoms with E-state index in [-0.39, 0.29) is 18.3 Å². The van der Waals surface area contributed by atoms with Gasteiger partial charge in [0.05, 0.1) is 6.54 Å². The smallest absolute Gasteiger partial charge is 0.272 e. The molecule has 7 heteroatoms. The standard InChI is InChI=1S/C17H18N4O2.ClH/c1-10-11-4-2-3-5-14(11)23-15(10)9-19-17(22)16-12-8-18-7-6-13(12)20-21-16;/h2-5,18H,6-9H2,1H3,(H,19,22)(H,20,21);1H. The fourth-order valence-electron chi connectivity index (χ4n) is 3.05. The van der Waals surface area contributed by atoms with E-state index in [1.807, 2.05) is 31.2 Å². The van der Waals surface area contributed by atoms with Crippen molar-refractivity contribution in [1.29, 1.82) is 0 Å². The van der Waals surface area contributed by atoms with Crippen molar-refractivity contribution >= 4 is 29.3 Å². The van der Waals surface area contributed by atoms with Crippen LogP contribution < -0.4 is 10.6 Å². The Kier molecular flexibility index (Phi) is 4.59. The summed E-state index contributed by atoms with van der Waals surface area (Å²) in [6.45, 7) is 3.95. The third kappa shape index (κ3) is 2.79. The number of halogens is 1. The number of H-pyrrole nitrogens is 1. The van der Waals surface area contributed by atoms with Gasteiger partial charge in [-0.1, -0.05) is 18.2 Å². The maximum absolute atomic E-state index is 12.4. The second-order valence-electron chi connectivity index (χ2n) is 5.79. The van der Waals surface area contributed by atoms with Gasteiger partial charge >= 0.3 is 0 Å². The minimum absolute atomic E-state index is 0. The van der Waals surface area contributed by atoms with E-state index in [0.29, 0.717) is 18.8 Å². The van der Waals surface area contributed by atoms with Crippen LogP contribution in [0, 0.1) is 6.92 Å². The number of amides is 1. The van der Waals surface area contributed by atoms with Crippen LogP contribution in [0.25, 0.3) is 11.0 Å². The molecule has 0 atom stereocenters. The van der Waals surface area contributed by atoms with Crippen molar-refractivity contribution in [2.75, 3.05) is 6.54 Å². The van der Waals surface area contributed by atoms with Crippen molar-refractivity contribution in [2.45, 2.75) is 26.4 Å². The molecule has 0 aliphatic carbocycles. The Morgan fingerprint density at radius 2 is 2.21 bits per heavy atom. The zero-order valence-electron chi connectivity index (χ0n) is 13.3. The zero-order chi connectivity index (χ0) is 15.8. The zero-order valence-corrected chi connectivity index (χ0v) is 14.1. The van der Waals surface area contributed by atoms with E-state index in [0.717, 1.165) is 46.5 Å². The molecule has 24 heavy (non-hydrogen) atoms. The van der Waals surface area contributed by atoms with Crippen molar-refractivity contribution in [3.05, 3.63) is 52.5 Å². The molecule has 0 bridgehead atoms. The minimum Gasteiger partial charge on any atom is -0.459 e. The van der Waals surface area contributed by atoms with Crippen LogP contribution in [0.2, 0.25) is 0 Å². The third-order valence-corrected chi connectivity index (χ3v) is 4.37. The summed E-state index contributed by atoms with van der Waals surface area (Å²) in [5, 5.41) is 14.4. The lowest BCUT2D eigenvalue weighted by atomic mass is 10.1. The van der Waals surface area contributed by atoms with E-state index in [1.54, 1.807) is 0 Å². The molecule has 1 aliphatic rings. The number of rotatable bonds is 3. The molecule has 4 rings (SSSR count). The Morgan fingerprint density at radius 1 is 1.38 bits per heavy atom. The fourth-order valence-corrected chi connectivity index (χ4v) is 3.05. The Balaban J connectivity index is 0.00000169. The van der Waals surface area contributed by atoms with E-state index >= 15 is 0 Å². The maximum atomic E-state index is 12.4. The van der Waals surface area contributed by atoms with Gasteiger partial charge in [-0.2, -0.15) is 5.10 Å². The number of aryl methyl sites for hydroxylation is 1. The van der Waals surface area contributed by atoms with Gasteiger partial charge in [-0.15, -0.1) is 12.4 Å². The first-order valence-corrected chi connectivity index (χ1v) is 7.76. The SMILES string of the molecule is Cc1c(CNC(=O)c2n[nH]c3c2CNCC3)oc2ccccc12.Cl. The number of hydrogen-bond acceptors (Lipinski definition) is 4. The van der Waals surface area contributed by atoms with Gasteiger partial charge < -0.3 is 15.1 Å². The van der Waals surface area contributed by atoms with E-state index in [2.05, 4.69) is 20.8 Å². The van der Waals surface area contributed by atoms with Crippen LogP contribution in [0.3, 0.4) is 0 Å². The molecule has 0 spiro atoms. The predicted molar refractivity (Wildman–Crippen MR) is 93.4 cm³/mol. The van der Waals surface area contributed by atoms with Crippen LogP contribution in [-0.2, 0) is 19.5 Å². The first-order chi connectivity index (χ1) is 11.2. The summed E-state index contributed by atoms with van der Waals surface area (Å²) in [5.74, 6) is 0.605. The Hall–Kier alpha value is -2.31. The molecule has 1 aliphatic heterocycles. The molecule has 3 N–H and O–H groups in total. The van der Waals surface area contributed by atoms with Gasteiger partial charge in [0.25, 0.3) is 5.91 Å². The lowest BCUT2D eigenvalue weighted by Crippen LogP contribution is -2.28. The van der Waals surface area contributed by atoms with Gasteiger partial charge in [-0.25, -0.2) is 0 Å². The third-order valence-electron chi connectivity index (χ3n) is 4.37. The summed E-state index contributed by atoms with van der Waals surface area (Å²) in [6.07, 6.45) is 0.873. The molecule has 0 radical (unpaired) electrons. The van der Waals surface area contributed by atoms with Crippen LogP contribution in [0.5, 0.6) is 0 Å². The van der Waals surface area contributed by atoms with Gasteiger partial charge in [-0.05, 0) is 13.0 Å². The van der Waals surface area contributed by atoms with Crippen LogP contribution in [0.1, 0.15) is 33.1 Å². The molecule has 6 nitrogen and oxygen atoms in total. The number of aromatic amines is 1. The molecule has 0 saturated carbocycles. The van der Waals surface area contributed by atoms with Crippen LogP contribution in [-0.4, -0.2) is 22.6 Å². The molecule has 1 aromatic carbocycles. The summed E-state index contributed by atoms with van der Waals surface area (Å²) >= 11 is 0. The van der Waals surface area contributed by atoms with Crippen molar-refractivity contribution in [3.63, 3.8) is 0 Å². The average Bonchev–Trinajstić information content (AvgIpc) is 3.15.